The van der Waals surface area contributed by atoms with Crippen molar-refractivity contribution in [2.45, 2.75) is 23.8 Å². The number of piperidine rings is 1. The minimum Gasteiger partial charge on any atom is -0.337 e. The van der Waals surface area contributed by atoms with E-state index in [-0.39, 0.29) is 16.8 Å². The Kier molecular flexibility index (Phi) is 4.45. The minimum atomic E-state index is -3.22. The van der Waals surface area contributed by atoms with E-state index in [0.717, 1.165) is 32.2 Å². The third kappa shape index (κ3) is 3.37. The molecule has 1 heterocycles. The summed E-state index contributed by atoms with van der Waals surface area (Å²) < 4.78 is 22.8. The summed E-state index contributed by atoms with van der Waals surface area (Å²) in [6, 6.07) is 6.31. The second kappa shape index (κ2) is 5.93. The Hall–Kier alpha value is -1.40. The highest BCUT2D eigenvalue weighted by molar-refractivity contribution is 7.90. The number of nitrogens with one attached hydrogen (secondary N) is 1. The minimum absolute atomic E-state index is 0.0706. The van der Waals surface area contributed by atoms with Crippen LogP contribution in [-0.4, -0.2) is 51.7 Å². The molecule has 1 aromatic rings. The fraction of sp³-hybridized carbons (Fsp3) is 0.500. The molecule has 0 spiro atoms. The number of hydrogen-bond donors (Lipinski definition) is 1. The number of rotatable bonds is 3. The maximum atomic E-state index is 12.4. The van der Waals surface area contributed by atoms with Crippen molar-refractivity contribution in [2.75, 3.05) is 26.4 Å². The molecule has 1 aromatic carbocycles. The smallest absolute Gasteiger partial charge is 0.253 e. The van der Waals surface area contributed by atoms with E-state index < -0.39 is 9.84 Å². The Morgan fingerprint density at radius 2 is 1.95 bits per heavy atom. The summed E-state index contributed by atoms with van der Waals surface area (Å²) >= 11 is 0. The van der Waals surface area contributed by atoms with E-state index in [2.05, 4.69) is 5.32 Å². The molecule has 0 aliphatic carbocycles. The highest BCUT2D eigenvalue weighted by Gasteiger charge is 2.22. The van der Waals surface area contributed by atoms with Crippen LogP contribution in [0.15, 0.2) is 29.2 Å². The quantitative estimate of drug-likeness (QED) is 0.900. The van der Waals surface area contributed by atoms with Crippen molar-refractivity contribution in [1.82, 2.24) is 10.2 Å². The highest BCUT2D eigenvalue weighted by Crippen LogP contribution is 2.15. The monoisotopic (exact) mass is 296 g/mol. The van der Waals surface area contributed by atoms with Gasteiger partial charge < -0.3 is 10.2 Å². The molecule has 1 fully saturated rings. The van der Waals surface area contributed by atoms with Gasteiger partial charge in [-0.25, -0.2) is 8.42 Å². The zero-order valence-corrected chi connectivity index (χ0v) is 12.6. The summed E-state index contributed by atoms with van der Waals surface area (Å²) in [5.74, 6) is -0.0706. The Bertz CT molecular complexity index is 575. The van der Waals surface area contributed by atoms with E-state index >= 15 is 0 Å². The van der Waals surface area contributed by atoms with Crippen LogP contribution in [0.3, 0.4) is 0 Å². The van der Waals surface area contributed by atoms with Crippen LogP contribution in [0.5, 0.6) is 0 Å². The normalized spacial score (nSPS) is 19.6. The van der Waals surface area contributed by atoms with Gasteiger partial charge in [0.1, 0.15) is 0 Å². The lowest BCUT2D eigenvalue weighted by Gasteiger charge is -2.31. The maximum Gasteiger partial charge on any atom is 0.253 e. The average molecular weight is 296 g/mol. The lowest BCUT2D eigenvalue weighted by Crippen LogP contribution is -2.46. The van der Waals surface area contributed by atoms with E-state index in [4.69, 9.17) is 0 Å². The first-order valence-corrected chi connectivity index (χ1v) is 8.57. The van der Waals surface area contributed by atoms with E-state index in [1.165, 1.54) is 12.1 Å². The van der Waals surface area contributed by atoms with Gasteiger partial charge in [0, 0.05) is 31.5 Å². The Morgan fingerprint density at radius 1 is 1.30 bits per heavy atom. The molecule has 5 nitrogen and oxygen atoms in total. The van der Waals surface area contributed by atoms with Crippen molar-refractivity contribution >= 4 is 15.7 Å². The van der Waals surface area contributed by atoms with E-state index in [0.29, 0.717) is 5.56 Å². The van der Waals surface area contributed by atoms with Crippen molar-refractivity contribution in [3.8, 4) is 0 Å². The number of hydrogen-bond acceptors (Lipinski definition) is 4. The summed E-state index contributed by atoms with van der Waals surface area (Å²) in [5, 5.41) is 3.28. The van der Waals surface area contributed by atoms with Gasteiger partial charge in [0.15, 0.2) is 9.84 Å². The van der Waals surface area contributed by atoms with Crippen LogP contribution in [0.25, 0.3) is 0 Å². The Morgan fingerprint density at radius 3 is 2.45 bits per heavy atom. The molecular weight excluding hydrogens is 276 g/mol. The van der Waals surface area contributed by atoms with E-state index in [1.807, 2.05) is 0 Å². The molecule has 1 amide bonds. The van der Waals surface area contributed by atoms with Crippen LogP contribution in [0.4, 0.5) is 0 Å². The maximum absolute atomic E-state index is 12.4. The summed E-state index contributed by atoms with van der Waals surface area (Å²) in [7, 11) is -1.42. The predicted molar refractivity (Wildman–Crippen MR) is 77.5 cm³/mol. The number of carbonyl (C=O) groups is 1. The van der Waals surface area contributed by atoms with Gasteiger partial charge in [-0.05, 0) is 43.7 Å². The number of benzene rings is 1. The van der Waals surface area contributed by atoms with Crippen LogP contribution in [0, 0.1) is 0 Å². The molecule has 1 aliphatic rings. The number of amides is 1. The Balaban J connectivity index is 2.12. The van der Waals surface area contributed by atoms with Gasteiger partial charge in [0.2, 0.25) is 0 Å². The van der Waals surface area contributed by atoms with Crippen LogP contribution in [-0.2, 0) is 9.84 Å². The molecule has 1 saturated heterocycles. The number of sulfone groups is 1. The molecule has 1 aliphatic heterocycles. The van der Waals surface area contributed by atoms with Crippen molar-refractivity contribution in [3.05, 3.63) is 29.8 Å². The summed E-state index contributed by atoms with van der Waals surface area (Å²) in [6.07, 6.45) is 3.22. The number of likely N-dealkylation sites (N-methyl/N-ethyl adjacent to an activating group) is 1. The van der Waals surface area contributed by atoms with Crippen LogP contribution in [0.1, 0.15) is 23.2 Å². The lowest BCUT2D eigenvalue weighted by atomic mass is 10.1. The van der Waals surface area contributed by atoms with Gasteiger partial charge in [-0.2, -0.15) is 0 Å². The summed E-state index contributed by atoms with van der Waals surface area (Å²) in [4.78, 5) is 14.3. The first-order chi connectivity index (χ1) is 9.39. The number of nitrogens with zero attached hydrogens (tertiary/aromatic N) is 1. The van der Waals surface area contributed by atoms with Crippen molar-refractivity contribution < 1.29 is 13.2 Å². The topological polar surface area (TPSA) is 66.5 Å². The first kappa shape index (κ1) is 15.0. The van der Waals surface area contributed by atoms with Gasteiger partial charge in [0.05, 0.1) is 4.90 Å². The van der Waals surface area contributed by atoms with Gasteiger partial charge in [-0.3, -0.25) is 4.79 Å². The van der Waals surface area contributed by atoms with Crippen LogP contribution >= 0.6 is 0 Å². The molecule has 1 atom stereocenters. The third-order valence-corrected chi connectivity index (χ3v) is 4.80. The molecule has 2 rings (SSSR count). The van der Waals surface area contributed by atoms with Gasteiger partial charge >= 0.3 is 0 Å². The van der Waals surface area contributed by atoms with Crippen molar-refractivity contribution in [2.24, 2.45) is 0 Å². The van der Waals surface area contributed by atoms with E-state index in [1.54, 1.807) is 24.1 Å². The zero-order valence-electron chi connectivity index (χ0n) is 11.8. The third-order valence-electron chi connectivity index (χ3n) is 3.67. The molecule has 0 aromatic heterocycles. The zero-order chi connectivity index (χ0) is 14.8. The molecule has 0 unspecified atom stereocenters. The largest absolute Gasteiger partial charge is 0.337 e. The fourth-order valence-electron chi connectivity index (χ4n) is 2.38. The van der Waals surface area contributed by atoms with Gasteiger partial charge in [-0.15, -0.1) is 0 Å². The molecule has 0 radical (unpaired) electrons. The molecule has 110 valence electrons. The van der Waals surface area contributed by atoms with Crippen molar-refractivity contribution in [1.29, 1.82) is 0 Å². The lowest BCUT2D eigenvalue weighted by molar-refractivity contribution is 0.0708. The molecule has 6 heteroatoms. The van der Waals surface area contributed by atoms with Crippen molar-refractivity contribution in [3.63, 3.8) is 0 Å². The molecule has 0 bridgehead atoms. The predicted octanol–water partition coefficient (Wildman–Crippen LogP) is 0.914. The summed E-state index contributed by atoms with van der Waals surface area (Å²) in [6.45, 7) is 1.81. The molecular formula is C14H20N2O3S. The molecule has 20 heavy (non-hydrogen) atoms. The molecule has 0 saturated carbocycles. The summed E-state index contributed by atoms with van der Waals surface area (Å²) in [5.41, 5.74) is 0.519. The highest BCUT2D eigenvalue weighted by atomic mass is 32.2. The first-order valence-electron chi connectivity index (χ1n) is 6.67. The standard InChI is InChI=1S/C14H20N2O3S/c1-16(12-4-3-9-15-10-12)14(17)11-5-7-13(8-6-11)20(2,18)19/h5-8,12,15H,3-4,9-10H2,1-2H3/t12-/m1/s1. The SMILES string of the molecule is CN(C(=O)c1ccc(S(C)(=O)=O)cc1)[C@@H]1CCCNC1. The van der Waals surface area contributed by atoms with Gasteiger partial charge in [0.25, 0.3) is 5.91 Å². The fourth-order valence-corrected chi connectivity index (χ4v) is 3.01. The average Bonchev–Trinajstić information content (AvgIpc) is 2.46. The molecule has 1 N–H and O–H groups in total. The second-order valence-electron chi connectivity index (χ2n) is 5.21. The Labute approximate surface area is 119 Å². The number of carbonyl (C=O) groups excluding carboxylic acids is 1. The van der Waals surface area contributed by atoms with Crippen LogP contribution < -0.4 is 5.32 Å². The van der Waals surface area contributed by atoms with E-state index in [9.17, 15) is 13.2 Å². The second-order valence-corrected chi connectivity index (χ2v) is 7.23. The van der Waals surface area contributed by atoms with Gasteiger partial charge in [-0.1, -0.05) is 0 Å². The van der Waals surface area contributed by atoms with Crippen LogP contribution in [0.2, 0.25) is 0 Å².